The van der Waals surface area contributed by atoms with E-state index < -0.39 is 6.10 Å². The van der Waals surface area contributed by atoms with E-state index in [9.17, 15) is 5.11 Å². The highest BCUT2D eigenvalue weighted by atomic mass is 16.5. The van der Waals surface area contributed by atoms with Crippen LogP contribution in [0.2, 0.25) is 0 Å². The van der Waals surface area contributed by atoms with Crippen molar-refractivity contribution in [2.24, 2.45) is 0 Å². The van der Waals surface area contributed by atoms with Crippen LogP contribution in [0.4, 0.5) is 0 Å². The first-order chi connectivity index (χ1) is 9.11. The molecule has 1 heterocycles. The Morgan fingerprint density at radius 2 is 1.79 bits per heavy atom. The van der Waals surface area contributed by atoms with Crippen LogP contribution < -0.4 is 4.74 Å². The summed E-state index contributed by atoms with van der Waals surface area (Å²) in [6.45, 7) is 5.24. The Bertz CT molecular complexity index is 380. The standard InChI is InChI=1S/C16H25NO2/c1-12-5-4-6-13(2)17(12)11-16(18)14-7-9-15(19-3)10-8-14/h7-10,12-13,16,18H,4-6,11H2,1-3H3. The van der Waals surface area contributed by atoms with Gasteiger partial charge in [-0.25, -0.2) is 0 Å². The Morgan fingerprint density at radius 3 is 2.32 bits per heavy atom. The zero-order valence-corrected chi connectivity index (χ0v) is 12.2. The lowest BCUT2D eigenvalue weighted by Gasteiger charge is -2.40. The Hall–Kier alpha value is -1.06. The fourth-order valence-electron chi connectivity index (χ4n) is 2.97. The van der Waals surface area contributed by atoms with Crippen molar-refractivity contribution in [2.75, 3.05) is 13.7 Å². The summed E-state index contributed by atoms with van der Waals surface area (Å²) in [5.41, 5.74) is 0.964. The molecular formula is C16H25NO2. The molecule has 1 aromatic rings. The summed E-state index contributed by atoms with van der Waals surface area (Å²) in [6, 6.07) is 8.84. The molecule has 0 bridgehead atoms. The van der Waals surface area contributed by atoms with E-state index in [0.717, 1.165) is 11.3 Å². The maximum Gasteiger partial charge on any atom is 0.118 e. The number of piperidine rings is 1. The van der Waals surface area contributed by atoms with Crippen molar-refractivity contribution in [3.05, 3.63) is 29.8 Å². The maximum atomic E-state index is 10.4. The van der Waals surface area contributed by atoms with E-state index in [0.29, 0.717) is 18.6 Å². The lowest BCUT2D eigenvalue weighted by atomic mass is 9.96. The van der Waals surface area contributed by atoms with Gasteiger partial charge in [-0.2, -0.15) is 0 Å². The molecule has 1 aliphatic rings. The van der Waals surface area contributed by atoms with E-state index in [1.807, 2.05) is 24.3 Å². The molecule has 3 unspecified atom stereocenters. The quantitative estimate of drug-likeness (QED) is 0.906. The minimum absolute atomic E-state index is 0.422. The number of hydrogen-bond donors (Lipinski definition) is 1. The van der Waals surface area contributed by atoms with Gasteiger partial charge in [0.25, 0.3) is 0 Å². The summed E-state index contributed by atoms with van der Waals surface area (Å²) in [5, 5.41) is 10.4. The zero-order chi connectivity index (χ0) is 13.8. The number of likely N-dealkylation sites (tertiary alicyclic amines) is 1. The third-order valence-electron chi connectivity index (χ3n) is 4.26. The molecule has 0 aliphatic carbocycles. The fraction of sp³-hybridized carbons (Fsp3) is 0.625. The van der Waals surface area contributed by atoms with E-state index in [4.69, 9.17) is 4.74 Å². The Balaban J connectivity index is 2.00. The molecule has 3 nitrogen and oxygen atoms in total. The first kappa shape index (κ1) is 14.4. The second-order valence-corrected chi connectivity index (χ2v) is 5.61. The molecule has 3 heteroatoms. The van der Waals surface area contributed by atoms with Crippen LogP contribution in [0.15, 0.2) is 24.3 Å². The fourth-order valence-corrected chi connectivity index (χ4v) is 2.97. The topological polar surface area (TPSA) is 32.7 Å². The van der Waals surface area contributed by atoms with Crippen molar-refractivity contribution in [1.29, 1.82) is 0 Å². The Labute approximate surface area is 116 Å². The predicted molar refractivity (Wildman–Crippen MR) is 77.4 cm³/mol. The SMILES string of the molecule is COc1ccc(C(O)CN2C(C)CCCC2C)cc1. The minimum atomic E-state index is -0.422. The average Bonchev–Trinajstić information content (AvgIpc) is 2.43. The molecule has 1 N–H and O–H groups in total. The number of β-amino-alcohol motifs (C(OH)–C–C–N with tert-alkyl or cyclic N) is 1. The molecule has 3 atom stereocenters. The third kappa shape index (κ3) is 3.48. The molecule has 19 heavy (non-hydrogen) atoms. The van der Waals surface area contributed by atoms with Crippen LogP contribution in [0, 0.1) is 0 Å². The first-order valence-corrected chi connectivity index (χ1v) is 7.19. The molecule has 2 rings (SSSR count). The van der Waals surface area contributed by atoms with Crippen LogP contribution in [0.1, 0.15) is 44.8 Å². The van der Waals surface area contributed by atoms with E-state index in [1.165, 1.54) is 19.3 Å². The van der Waals surface area contributed by atoms with Gasteiger partial charge in [0.15, 0.2) is 0 Å². The average molecular weight is 263 g/mol. The van der Waals surface area contributed by atoms with Gasteiger partial charge in [0.2, 0.25) is 0 Å². The van der Waals surface area contributed by atoms with Crippen LogP contribution in [0.3, 0.4) is 0 Å². The molecule has 1 saturated heterocycles. The van der Waals surface area contributed by atoms with Crippen LogP contribution in [-0.4, -0.2) is 35.7 Å². The number of rotatable bonds is 4. The molecule has 0 saturated carbocycles. The normalized spacial score (nSPS) is 26.1. The van der Waals surface area contributed by atoms with Crippen molar-refractivity contribution < 1.29 is 9.84 Å². The zero-order valence-electron chi connectivity index (χ0n) is 12.2. The second kappa shape index (κ2) is 6.40. The largest absolute Gasteiger partial charge is 0.497 e. The lowest BCUT2D eigenvalue weighted by Crippen LogP contribution is -2.45. The Morgan fingerprint density at radius 1 is 1.21 bits per heavy atom. The van der Waals surface area contributed by atoms with Crippen LogP contribution in [-0.2, 0) is 0 Å². The molecule has 106 valence electrons. The smallest absolute Gasteiger partial charge is 0.118 e. The van der Waals surface area contributed by atoms with E-state index in [-0.39, 0.29) is 0 Å². The first-order valence-electron chi connectivity index (χ1n) is 7.19. The number of benzene rings is 1. The molecule has 0 amide bonds. The number of nitrogens with zero attached hydrogens (tertiary/aromatic N) is 1. The summed E-state index contributed by atoms with van der Waals surface area (Å²) in [6.07, 6.45) is 3.35. The number of hydrogen-bond acceptors (Lipinski definition) is 3. The molecule has 0 aromatic heterocycles. The predicted octanol–water partition coefficient (Wildman–Crippen LogP) is 2.99. The summed E-state index contributed by atoms with van der Waals surface area (Å²) in [7, 11) is 1.66. The van der Waals surface area contributed by atoms with Crippen molar-refractivity contribution in [3.8, 4) is 5.75 Å². The van der Waals surface area contributed by atoms with Gasteiger partial charge in [-0.1, -0.05) is 18.6 Å². The van der Waals surface area contributed by atoms with Crippen molar-refractivity contribution in [3.63, 3.8) is 0 Å². The summed E-state index contributed by atoms with van der Waals surface area (Å²) in [5.74, 6) is 0.829. The van der Waals surface area contributed by atoms with E-state index in [2.05, 4.69) is 18.7 Å². The van der Waals surface area contributed by atoms with Gasteiger partial charge in [-0.15, -0.1) is 0 Å². The number of aliphatic hydroxyl groups is 1. The van der Waals surface area contributed by atoms with Crippen LogP contribution >= 0.6 is 0 Å². The monoisotopic (exact) mass is 263 g/mol. The van der Waals surface area contributed by atoms with Gasteiger partial charge < -0.3 is 9.84 Å². The highest BCUT2D eigenvalue weighted by Gasteiger charge is 2.26. The molecule has 1 aliphatic heterocycles. The van der Waals surface area contributed by atoms with Crippen molar-refractivity contribution in [1.82, 2.24) is 4.90 Å². The van der Waals surface area contributed by atoms with Crippen molar-refractivity contribution in [2.45, 2.75) is 51.3 Å². The maximum absolute atomic E-state index is 10.4. The van der Waals surface area contributed by atoms with Gasteiger partial charge in [-0.3, -0.25) is 4.90 Å². The Kier molecular flexibility index (Phi) is 4.83. The molecule has 1 aromatic carbocycles. The number of methoxy groups -OCH3 is 1. The van der Waals surface area contributed by atoms with Crippen molar-refractivity contribution >= 4 is 0 Å². The summed E-state index contributed by atoms with van der Waals surface area (Å²) < 4.78 is 5.14. The number of aliphatic hydroxyl groups excluding tert-OH is 1. The minimum Gasteiger partial charge on any atom is -0.497 e. The van der Waals surface area contributed by atoms with E-state index >= 15 is 0 Å². The lowest BCUT2D eigenvalue weighted by molar-refractivity contribution is 0.0411. The number of ether oxygens (including phenoxy) is 1. The van der Waals surface area contributed by atoms with Gasteiger partial charge in [0, 0.05) is 18.6 Å². The summed E-state index contributed by atoms with van der Waals surface area (Å²) >= 11 is 0. The highest BCUT2D eigenvalue weighted by Crippen LogP contribution is 2.26. The molecular weight excluding hydrogens is 238 g/mol. The molecule has 0 radical (unpaired) electrons. The van der Waals surface area contributed by atoms with Gasteiger partial charge >= 0.3 is 0 Å². The highest BCUT2D eigenvalue weighted by molar-refractivity contribution is 5.28. The van der Waals surface area contributed by atoms with Gasteiger partial charge in [0.1, 0.15) is 5.75 Å². The second-order valence-electron chi connectivity index (χ2n) is 5.61. The molecule has 1 fully saturated rings. The van der Waals surface area contributed by atoms with E-state index in [1.54, 1.807) is 7.11 Å². The molecule has 0 spiro atoms. The third-order valence-corrected chi connectivity index (χ3v) is 4.26. The van der Waals surface area contributed by atoms with Gasteiger partial charge in [0.05, 0.1) is 13.2 Å². The van der Waals surface area contributed by atoms with Gasteiger partial charge in [-0.05, 0) is 44.4 Å². The summed E-state index contributed by atoms with van der Waals surface area (Å²) in [4.78, 5) is 2.43. The van der Waals surface area contributed by atoms with Crippen LogP contribution in [0.5, 0.6) is 5.75 Å². The van der Waals surface area contributed by atoms with Crippen LogP contribution in [0.25, 0.3) is 0 Å².